The Kier molecular flexibility index (Phi) is 13.6. The Morgan fingerprint density at radius 2 is 1.17 bits per heavy atom. The van der Waals surface area contributed by atoms with Crippen LogP contribution in [0.3, 0.4) is 0 Å². The summed E-state index contributed by atoms with van der Waals surface area (Å²) in [6.07, 6.45) is 15.2. The highest BCUT2D eigenvalue weighted by atomic mass is 16.9. The fraction of sp³-hybridized carbons (Fsp3) is 1.00. The third-order valence-electron chi connectivity index (χ3n) is 3.19. The Labute approximate surface area is 111 Å². The third kappa shape index (κ3) is 15.2. The van der Waals surface area contributed by atoms with Crippen molar-refractivity contribution >= 4 is 0 Å². The lowest BCUT2D eigenvalue weighted by atomic mass is 10.1. The van der Waals surface area contributed by atoms with Crippen molar-refractivity contribution in [2.75, 3.05) is 6.61 Å². The van der Waals surface area contributed by atoms with Gasteiger partial charge in [-0.05, 0) is 6.42 Å². The average Bonchev–Trinajstić information content (AvgIpc) is 2.34. The molecule has 0 unspecified atom stereocenters. The van der Waals surface area contributed by atoms with Crippen molar-refractivity contribution in [2.24, 2.45) is 0 Å². The maximum absolute atomic E-state index is 9.88. The van der Waals surface area contributed by atoms with Gasteiger partial charge in [0, 0.05) is 0 Å². The Balaban J connectivity index is 2.92. The van der Waals surface area contributed by atoms with Gasteiger partial charge in [-0.2, -0.15) is 0 Å². The Bertz CT molecular complexity index is 186. The van der Waals surface area contributed by atoms with Gasteiger partial charge in [0.1, 0.15) is 0 Å². The predicted octanol–water partition coefficient (Wildman–Crippen LogP) is 4.90. The molecule has 0 spiro atoms. The molecule has 0 rings (SSSR count). The zero-order valence-electron chi connectivity index (χ0n) is 11.9. The Morgan fingerprint density at radius 3 is 1.56 bits per heavy atom. The van der Waals surface area contributed by atoms with Crippen molar-refractivity contribution in [3.05, 3.63) is 10.1 Å². The van der Waals surface area contributed by atoms with Gasteiger partial charge >= 0.3 is 0 Å². The van der Waals surface area contributed by atoms with E-state index in [1.54, 1.807) is 0 Å². The van der Waals surface area contributed by atoms with Crippen LogP contribution >= 0.6 is 0 Å². The first kappa shape index (κ1) is 17.2. The van der Waals surface area contributed by atoms with E-state index in [-0.39, 0.29) is 6.61 Å². The van der Waals surface area contributed by atoms with Crippen LogP contribution in [0.15, 0.2) is 0 Å². The lowest BCUT2D eigenvalue weighted by Gasteiger charge is -2.02. The highest BCUT2D eigenvalue weighted by Crippen LogP contribution is 2.11. The highest BCUT2D eigenvalue weighted by Gasteiger charge is 1.95. The van der Waals surface area contributed by atoms with E-state index in [9.17, 15) is 10.1 Å². The van der Waals surface area contributed by atoms with E-state index in [0.717, 1.165) is 12.8 Å². The quantitative estimate of drug-likeness (QED) is 0.253. The fourth-order valence-electron chi connectivity index (χ4n) is 2.08. The molecule has 0 aliphatic carbocycles. The standard InChI is InChI=1S/C14H29NO3/c1-2-3-4-5-6-7-8-9-10-11-12-13-14-18-15(16)17/h2-14H2,1H3. The third-order valence-corrected chi connectivity index (χ3v) is 3.19. The van der Waals surface area contributed by atoms with Gasteiger partial charge in [-0.25, -0.2) is 0 Å². The molecule has 0 bridgehead atoms. The lowest BCUT2D eigenvalue weighted by molar-refractivity contribution is -0.757. The molecule has 0 N–H and O–H groups in total. The van der Waals surface area contributed by atoms with Crippen molar-refractivity contribution in [3.8, 4) is 0 Å². The first-order valence-corrected chi connectivity index (χ1v) is 7.54. The van der Waals surface area contributed by atoms with Gasteiger partial charge in [-0.15, -0.1) is 10.1 Å². The van der Waals surface area contributed by atoms with E-state index in [0.29, 0.717) is 0 Å². The summed E-state index contributed by atoms with van der Waals surface area (Å²) in [4.78, 5) is 14.1. The Morgan fingerprint density at radius 1 is 0.778 bits per heavy atom. The first-order chi connectivity index (χ1) is 8.77. The number of hydrogen-bond acceptors (Lipinski definition) is 3. The second-order valence-electron chi connectivity index (χ2n) is 4.95. The number of rotatable bonds is 14. The first-order valence-electron chi connectivity index (χ1n) is 7.54. The summed E-state index contributed by atoms with van der Waals surface area (Å²) in [5.74, 6) is 0. The summed E-state index contributed by atoms with van der Waals surface area (Å²) in [7, 11) is 0. The molecule has 0 aromatic carbocycles. The molecule has 0 amide bonds. The number of unbranched alkanes of at least 4 members (excludes halogenated alkanes) is 11. The van der Waals surface area contributed by atoms with Crippen LogP contribution in [-0.2, 0) is 4.84 Å². The van der Waals surface area contributed by atoms with Crippen LogP contribution in [0.4, 0.5) is 0 Å². The maximum Gasteiger partial charge on any atom is 0.294 e. The molecule has 108 valence electrons. The van der Waals surface area contributed by atoms with Crippen molar-refractivity contribution in [1.82, 2.24) is 0 Å². The zero-order valence-corrected chi connectivity index (χ0v) is 11.9. The maximum atomic E-state index is 9.88. The van der Waals surface area contributed by atoms with Crippen molar-refractivity contribution < 1.29 is 9.92 Å². The smallest absolute Gasteiger partial charge is 0.294 e. The molecule has 0 aromatic rings. The molecule has 0 saturated heterocycles. The molecule has 0 heterocycles. The lowest BCUT2D eigenvalue weighted by Crippen LogP contribution is -2.01. The van der Waals surface area contributed by atoms with Crippen LogP contribution < -0.4 is 0 Å². The summed E-state index contributed by atoms with van der Waals surface area (Å²) in [6.45, 7) is 2.50. The minimum absolute atomic E-state index is 0.254. The van der Waals surface area contributed by atoms with Crippen LogP contribution in [-0.4, -0.2) is 11.7 Å². The van der Waals surface area contributed by atoms with E-state index in [4.69, 9.17) is 0 Å². The molecule has 0 aliphatic heterocycles. The van der Waals surface area contributed by atoms with Gasteiger partial charge in [-0.1, -0.05) is 77.6 Å². The van der Waals surface area contributed by atoms with Gasteiger partial charge in [0.15, 0.2) is 0 Å². The molecular weight excluding hydrogens is 230 g/mol. The van der Waals surface area contributed by atoms with E-state index >= 15 is 0 Å². The SMILES string of the molecule is CCCCCCCCCCCCCCO[N+](=O)[O-]. The van der Waals surface area contributed by atoms with Crippen molar-refractivity contribution in [1.29, 1.82) is 0 Å². The second kappa shape index (κ2) is 14.3. The van der Waals surface area contributed by atoms with E-state index in [2.05, 4.69) is 11.8 Å². The molecule has 18 heavy (non-hydrogen) atoms. The normalized spacial score (nSPS) is 10.5. The van der Waals surface area contributed by atoms with E-state index in [1.807, 2.05) is 0 Å². The molecule has 0 aromatic heterocycles. The topological polar surface area (TPSA) is 52.4 Å². The number of nitrogens with zero attached hydrogens (tertiary/aromatic N) is 1. The molecule has 0 radical (unpaired) electrons. The van der Waals surface area contributed by atoms with Crippen LogP contribution in [0.5, 0.6) is 0 Å². The highest BCUT2D eigenvalue weighted by molar-refractivity contribution is 4.48. The summed E-state index contributed by atoms with van der Waals surface area (Å²) in [5.41, 5.74) is 0. The monoisotopic (exact) mass is 259 g/mol. The average molecular weight is 259 g/mol. The van der Waals surface area contributed by atoms with Gasteiger partial charge in [0.25, 0.3) is 5.09 Å². The van der Waals surface area contributed by atoms with Crippen molar-refractivity contribution in [2.45, 2.75) is 84.0 Å². The van der Waals surface area contributed by atoms with Gasteiger partial charge < -0.3 is 4.84 Å². The molecule has 0 saturated carbocycles. The van der Waals surface area contributed by atoms with Crippen LogP contribution in [0.2, 0.25) is 0 Å². The predicted molar refractivity (Wildman–Crippen MR) is 74.0 cm³/mol. The number of hydrogen-bond donors (Lipinski definition) is 0. The molecule has 0 fully saturated rings. The fourth-order valence-corrected chi connectivity index (χ4v) is 2.08. The molecule has 4 heteroatoms. The van der Waals surface area contributed by atoms with E-state index < -0.39 is 5.09 Å². The van der Waals surface area contributed by atoms with Crippen LogP contribution in [0.1, 0.15) is 84.0 Å². The molecular formula is C14H29NO3. The van der Waals surface area contributed by atoms with Gasteiger partial charge in [0.05, 0.1) is 6.61 Å². The molecule has 0 aliphatic rings. The Hall–Kier alpha value is -0.800. The largest absolute Gasteiger partial charge is 0.314 e. The minimum atomic E-state index is -0.710. The molecule has 0 atom stereocenters. The molecule has 4 nitrogen and oxygen atoms in total. The second-order valence-corrected chi connectivity index (χ2v) is 4.95. The van der Waals surface area contributed by atoms with Gasteiger partial charge in [-0.3, -0.25) is 0 Å². The zero-order chi connectivity index (χ0) is 13.5. The van der Waals surface area contributed by atoms with Gasteiger partial charge in [0.2, 0.25) is 0 Å². The van der Waals surface area contributed by atoms with E-state index in [1.165, 1.54) is 64.2 Å². The minimum Gasteiger partial charge on any atom is -0.314 e. The summed E-state index contributed by atoms with van der Waals surface area (Å²) >= 11 is 0. The summed E-state index contributed by atoms with van der Waals surface area (Å²) < 4.78 is 0. The van der Waals surface area contributed by atoms with Crippen LogP contribution in [0, 0.1) is 10.1 Å². The van der Waals surface area contributed by atoms with Crippen LogP contribution in [0.25, 0.3) is 0 Å². The van der Waals surface area contributed by atoms with Crippen molar-refractivity contribution in [3.63, 3.8) is 0 Å². The summed E-state index contributed by atoms with van der Waals surface area (Å²) in [6, 6.07) is 0. The summed E-state index contributed by atoms with van der Waals surface area (Å²) in [5, 5.41) is 9.17.